The maximum absolute atomic E-state index is 5.53. The summed E-state index contributed by atoms with van der Waals surface area (Å²) < 4.78 is 16.2. The number of hydrogen-bond donors (Lipinski definition) is 1. The molecule has 0 radical (unpaired) electrons. The average Bonchev–Trinajstić information content (AvgIpc) is 2.39. The lowest BCUT2D eigenvalue weighted by Gasteiger charge is -2.23. The van der Waals surface area contributed by atoms with Gasteiger partial charge in [-0.1, -0.05) is 6.07 Å². The molecule has 1 fully saturated rings. The van der Waals surface area contributed by atoms with Gasteiger partial charge in [0.2, 0.25) is 5.88 Å². The first-order valence-corrected chi connectivity index (χ1v) is 5.91. The van der Waals surface area contributed by atoms with Gasteiger partial charge in [0.25, 0.3) is 0 Å². The Morgan fingerprint density at radius 2 is 2.41 bits per heavy atom. The number of nitrogens with one attached hydrogen (secondary N) is 1. The van der Waals surface area contributed by atoms with E-state index in [1.165, 1.54) is 0 Å². The largest absolute Gasteiger partial charge is 0.478 e. The molecule has 0 saturated carbocycles. The standard InChI is InChI=1S/C12H18N2O3/c1-2-16-12-5-3-4-11(14-12)13-8-10-9-15-6-7-17-10/h3-5,10H,2,6-9H2,1H3,(H,13,14). The Morgan fingerprint density at radius 3 is 3.18 bits per heavy atom. The topological polar surface area (TPSA) is 52.6 Å². The van der Waals surface area contributed by atoms with Gasteiger partial charge < -0.3 is 19.5 Å². The fourth-order valence-electron chi connectivity index (χ4n) is 1.61. The second-order valence-electron chi connectivity index (χ2n) is 3.74. The highest BCUT2D eigenvalue weighted by atomic mass is 16.6. The molecule has 1 aliphatic heterocycles. The number of ether oxygens (including phenoxy) is 3. The molecular weight excluding hydrogens is 220 g/mol. The number of rotatable bonds is 5. The second-order valence-corrected chi connectivity index (χ2v) is 3.74. The Bertz CT molecular complexity index is 340. The molecule has 0 spiro atoms. The van der Waals surface area contributed by atoms with Crippen LogP contribution in [0.4, 0.5) is 5.82 Å². The zero-order chi connectivity index (χ0) is 11.9. The van der Waals surface area contributed by atoms with E-state index in [9.17, 15) is 0 Å². The quantitative estimate of drug-likeness (QED) is 0.838. The van der Waals surface area contributed by atoms with Crippen LogP contribution in [0.5, 0.6) is 5.88 Å². The maximum atomic E-state index is 5.53. The summed E-state index contributed by atoms with van der Waals surface area (Å²) in [5.74, 6) is 1.43. The molecule has 1 atom stereocenters. The molecule has 2 rings (SSSR count). The molecular formula is C12H18N2O3. The molecule has 5 heteroatoms. The predicted molar refractivity (Wildman–Crippen MR) is 64.5 cm³/mol. The first kappa shape index (κ1) is 12.1. The van der Waals surface area contributed by atoms with E-state index < -0.39 is 0 Å². The molecule has 1 aliphatic rings. The zero-order valence-electron chi connectivity index (χ0n) is 10.0. The molecule has 0 bridgehead atoms. The van der Waals surface area contributed by atoms with Crippen molar-refractivity contribution in [3.05, 3.63) is 18.2 Å². The summed E-state index contributed by atoms with van der Waals surface area (Å²) in [5.41, 5.74) is 0. The fourth-order valence-corrected chi connectivity index (χ4v) is 1.61. The summed E-state index contributed by atoms with van der Waals surface area (Å²) in [5, 5.41) is 3.22. The Hall–Kier alpha value is -1.33. The molecule has 1 saturated heterocycles. The summed E-state index contributed by atoms with van der Waals surface area (Å²) in [6.45, 7) is 5.25. The predicted octanol–water partition coefficient (Wildman–Crippen LogP) is 1.31. The molecule has 1 aromatic rings. The number of anilines is 1. The molecule has 5 nitrogen and oxygen atoms in total. The molecule has 0 amide bonds. The van der Waals surface area contributed by atoms with E-state index in [1.807, 2.05) is 25.1 Å². The highest BCUT2D eigenvalue weighted by Crippen LogP contribution is 2.11. The molecule has 1 aromatic heterocycles. The number of pyridine rings is 1. The molecule has 17 heavy (non-hydrogen) atoms. The number of nitrogens with zero attached hydrogens (tertiary/aromatic N) is 1. The SMILES string of the molecule is CCOc1cccc(NCC2COCCO2)n1. The third-order valence-corrected chi connectivity index (χ3v) is 2.41. The van der Waals surface area contributed by atoms with Crippen LogP contribution < -0.4 is 10.1 Å². The van der Waals surface area contributed by atoms with Crippen LogP contribution in [0.1, 0.15) is 6.92 Å². The molecule has 94 valence electrons. The van der Waals surface area contributed by atoms with Crippen LogP contribution in [0.2, 0.25) is 0 Å². The Morgan fingerprint density at radius 1 is 1.47 bits per heavy atom. The van der Waals surface area contributed by atoms with Gasteiger partial charge in [0.1, 0.15) is 5.82 Å². The van der Waals surface area contributed by atoms with Crippen LogP contribution in [-0.4, -0.2) is 44.1 Å². The maximum Gasteiger partial charge on any atom is 0.215 e. The van der Waals surface area contributed by atoms with Crippen LogP contribution in [0.3, 0.4) is 0 Å². The minimum absolute atomic E-state index is 0.0984. The van der Waals surface area contributed by atoms with Gasteiger partial charge in [-0.25, -0.2) is 0 Å². The monoisotopic (exact) mass is 238 g/mol. The van der Waals surface area contributed by atoms with Gasteiger partial charge in [0.15, 0.2) is 0 Å². The van der Waals surface area contributed by atoms with Crippen LogP contribution in [-0.2, 0) is 9.47 Å². The van der Waals surface area contributed by atoms with E-state index in [0.717, 1.165) is 5.82 Å². The molecule has 0 aliphatic carbocycles. The van der Waals surface area contributed by atoms with Gasteiger partial charge in [-0.15, -0.1) is 0 Å². The minimum atomic E-state index is 0.0984. The molecule has 1 N–H and O–H groups in total. The third-order valence-electron chi connectivity index (χ3n) is 2.41. The lowest BCUT2D eigenvalue weighted by molar-refractivity contribution is -0.0819. The third kappa shape index (κ3) is 3.87. The van der Waals surface area contributed by atoms with Crippen LogP contribution in [0.25, 0.3) is 0 Å². The van der Waals surface area contributed by atoms with Crippen LogP contribution in [0.15, 0.2) is 18.2 Å². The lowest BCUT2D eigenvalue weighted by atomic mass is 10.3. The Kier molecular flexibility index (Phi) is 4.58. The van der Waals surface area contributed by atoms with Gasteiger partial charge in [-0.3, -0.25) is 0 Å². The van der Waals surface area contributed by atoms with Crippen molar-refractivity contribution in [3.63, 3.8) is 0 Å². The van der Waals surface area contributed by atoms with Crippen molar-refractivity contribution in [3.8, 4) is 5.88 Å². The second kappa shape index (κ2) is 6.42. The van der Waals surface area contributed by atoms with Crippen molar-refractivity contribution < 1.29 is 14.2 Å². The van der Waals surface area contributed by atoms with E-state index in [1.54, 1.807) is 0 Å². The van der Waals surface area contributed by atoms with Gasteiger partial charge in [0.05, 0.1) is 32.5 Å². The summed E-state index contributed by atoms with van der Waals surface area (Å²) in [6.07, 6.45) is 0.0984. The minimum Gasteiger partial charge on any atom is -0.478 e. The van der Waals surface area contributed by atoms with Crippen molar-refractivity contribution in [2.75, 3.05) is 38.3 Å². The van der Waals surface area contributed by atoms with Crippen LogP contribution >= 0.6 is 0 Å². The summed E-state index contributed by atoms with van der Waals surface area (Å²) >= 11 is 0. The van der Waals surface area contributed by atoms with Crippen molar-refractivity contribution in [2.24, 2.45) is 0 Å². The van der Waals surface area contributed by atoms with E-state index >= 15 is 0 Å². The number of aromatic nitrogens is 1. The van der Waals surface area contributed by atoms with Gasteiger partial charge in [-0.2, -0.15) is 4.98 Å². The molecule has 0 aromatic carbocycles. The van der Waals surface area contributed by atoms with Gasteiger partial charge >= 0.3 is 0 Å². The molecule has 2 heterocycles. The van der Waals surface area contributed by atoms with E-state index in [-0.39, 0.29) is 6.10 Å². The first-order chi connectivity index (χ1) is 8.38. The molecule has 1 unspecified atom stereocenters. The Labute approximate surface area is 101 Å². The van der Waals surface area contributed by atoms with E-state index in [2.05, 4.69) is 10.3 Å². The van der Waals surface area contributed by atoms with Crippen molar-refractivity contribution >= 4 is 5.82 Å². The van der Waals surface area contributed by atoms with Crippen LogP contribution in [0, 0.1) is 0 Å². The fraction of sp³-hybridized carbons (Fsp3) is 0.583. The van der Waals surface area contributed by atoms with Crippen molar-refractivity contribution in [2.45, 2.75) is 13.0 Å². The summed E-state index contributed by atoms with van der Waals surface area (Å²) in [6, 6.07) is 5.67. The van der Waals surface area contributed by atoms with Gasteiger partial charge in [-0.05, 0) is 13.0 Å². The van der Waals surface area contributed by atoms with E-state index in [4.69, 9.17) is 14.2 Å². The highest BCUT2D eigenvalue weighted by molar-refractivity contribution is 5.37. The van der Waals surface area contributed by atoms with Crippen molar-refractivity contribution in [1.29, 1.82) is 0 Å². The van der Waals surface area contributed by atoms with Gasteiger partial charge in [0, 0.05) is 12.6 Å². The Balaban J connectivity index is 1.83. The lowest BCUT2D eigenvalue weighted by Crippen LogP contribution is -2.34. The first-order valence-electron chi connectivity index (χ1n) is 5.91. The average molecular weight is 238 g/mol. The number of hydrogen-bond acceptors (Lipinski definition) is 5. The van der Waals surface area contributed by atoms with E-state index in [0.29, 0.717) is 38.9 Å². The smallest absolute Gasteiger partial charge is 0.215 e. The zero-order valence-corrected chi connectivity index (χ0v) is 10.0. The summed E-state index contributed by atoms with van der Waals surface area (Å²) in [7, 11) is 0. The highest BCUT2D eigenvalue weighted by Gasteiger charge is 2.13. The normalized spacial score (nSPS) is 19.9. The summed E-state index contributed by atoms with van der Waals surface area (Å²) in [4.78, 5) is 4.32. The van der Waals surface area contributed by atoms with Crippen molar-refractivity contribution in [1.82, 2.24) is 4.98 Å².